The van der Waals surface area contributed by atoms with Gasteiger partial charge in [0.2, 0.25) is 0 Å². The molecule has 0 saturated heterocycles. The minimum atomic E-state index is 1.32. The van der Waals surface area contributed by atoms with E-state index in [1.807, 2.05) is 36.4 Å². The summed E-state index contributed by atoms with van der Waals surface area (Å²) in [4.78, 5) is 0. The largest absolute Gasteiger partial charge is 0.0622 e. The zero-order chi connectivity index (χ0) is 23.0. The Hall–Kier alpha value is -1.56. The molecule has 3 saturated carbocycles. The molecule has 3 aliphatic carbocycles. The normalized spacial score (nSPS) is 17.3. The van der Waals surface area contributed by atoms with Crippen LogP contribution in [0.5, 0.6) is 0 Å². The maximum Gasteiger partial charge on any atom is -0.0398 e. The molecule has 0 radical (unpaired) electrons. The number of rotatable bonds is 0. The van der Waals surface area contributed by atoms with E-state index in [0.29, 0.717) is 0 Å². The van der Waals surface area contributed by atoms with Crippen LogP contribution in [0.1, 0.15) is 127 Å². The summed E-state index contributed by atoms with van der Waals surface area (Å²) in [6.07, 6.45) is 27.0. The second-order valence-corrected chi connectivity index (χ2v) is 9.67. The van der Waals surface area contributed by atoms with Crippen molar-refractivity contribution >= 4 is 0 Å². The quantitative estimate of drug-likeness (QED) is 0.385. The molecular weight excluding hydrogens is 384 g/mol. The number of aryl methyl sites for hydroxylation is 2. The fourth-order valence-electron chi connectivity index (χ4n) is 4.25. The van der Waals surface area contributed by atoms with Crippen LogP contribution in [0, 0.1) is 13.8 Å². The molecule has 0 spiro atoms. The minimum Gasteiger partial charge on any atom is -0.0622 e. The van der Waals surface area contributed by atoms with Gasteiger partial charge >= 0.3 is 0 Å². The zero-order valence-electron chi connectivity index (χ0n) is 21.5. The third-order valence-corrected chi connectivity index (χ3v) is 6.38. The fourth-order valence-corrected chi connectivity index (χ4v) is 4.25. The molecule has 2 aromatic carbocycles. The van der Waals surface area contributed by atoms with Gasteiger partial charge in [-0.3, -0.25) is 0 Å². The molecule has 0 aliphatic heterocycles. The Labute approximate surface area is 201 Å². The van der Waals surface area contributed by atoms with Gasteiger partial charge in [0.1, 0.15) is 0 Å². The Morgan fingerprint density at radius 1 is 0.281 bits per heavy atom. The Bertz CT molecular complexity index is 473. The first kappa shape index (κ1) is 28.5. The van der Waals surface area contributed by atoms with Crippen molar-refractivity contribution in [3.63, 3.8) is 0 Å². The van der Waals surface area contributed by atoms with Crippen LogP contribution in [0.15, 0.2) is 60.7 Å². The lowest BCUT2D eigenvalue weighted by Crippen LogP contribution is -1.85. The minimum absolute atomic E-state index is 1.32. The summed E-state index contributed by atoms with van der Waals surface area (Å²) in [5.74, 6) is 0. The molecule has 180 valence electrons. The Morgan fingerprint density at radius 2 is 0.438 bits per heavy atom. The fraction of sp³-hybridized carbons (Fsp3) is 0.625. The van der Waals surface area contributed by atoms with Crippen molar-refractivity contribution in [2.45, 2.75) is 129 Å². The van der Waals surface area contributed by atoms with E-state index in [1.165, 1.54) is 127 Å². The highest BCUT2D eigenvalue weighted by molar-refractivity contribution is 5.12. The van der Waals surface area contributed by atoms with Gasteiger partial charge in [0, 0.05) is 0 Å². The van der Waals surface area contributed by atoms with Crippen LogP contribution in [0.3, 0.4) is 0 Å². The zero-order valence-corrected chi connectivity index (χ0v) is 21.5. The first-order valence-corrected chi connectivity index (χ1v) is 13.8. The lowest BCUT2D eigenvalue weighted by atomic mass is 10.0. The molecule has 0 N–H and O–H groups in total. The van der Waals surface area contributed by atoms with Crippen LogP contribution in [0.25, 0.3) is 0 Å². The summed E-state index contributed by atoms with van der Waals surface area (Å²) in [6, 6.07) is 20.5. The number of benzene rings is 2. The van der Waals surface area contributed by atoms with Gasteiger partial charge in [0.05, 0.1) is 0 Å². The highest BCUT2D eigenvalue weighted by atomic mass is 14.0. The van der Waals surface area contributed by atoms with Crippen LogP contribution >= 0.6 is 0 Å². The van der Waals surface area contributed by atoms with Gasteiger partial charge < -0.3 is 0 Å². The summed E-state index contributed by atoms with van der Waals surface area (Å²) in [6.45, 7) is 4.17. The Balaban J connectivity index is 0.000000200. The molecular formula is C32H52. The molecule has 0 amide bonds. The van der Waals surface area contributed by atoms with E-state index >= 15 is 0 Å². The third kappa shape index (κ3) is 20.3. The SMILES string of the molecule is C1CCCCC1.C1CCCCC1.C1CCCCC1.Cc1ccccc1.Cc1ccccc1. The van der Waals surface area contributed by atoms with Gasteiger partial charge in [0.15, 0.2) is 0 Å². The molecule has 3 fully saturated rings. The van der Waals surface area contributed by atoms with Crippen LogP contribution < -0.4 is 0 Å². The summed E-state index contributed by atoms with van der Waals surface area (Å²) >= 11 is 0. The van der Waals surface area contributed by atoms with Crippen molar-refractivity contribution in [1.29, 1.82) is 0 Å². The van der Waals surface area contributed by atoms with Crippen LogP contribution in [0.2, 0.25) is 0 Å². The van der Waals surface area contributed by atoms with Crippen molar-refractivity contribution in [3.8, 4) is 0 Å². The second-order valence-electron chi connectivity index (χ2n) is 9.67. The molecule has 3 aliphatic rings. The van der Waals surface area contributed by atoms with E-state index < -0.39 is 0 Å². The standard InChI is InChI=1S/2C7H8.3C6H12/c2*1-7-5-3-2-4-6-7;3*1-2-4-6-5-3-1/h2*2-6H,1H3;3*1-6H2. The molecule has 2 aromatic rings. The van der Waals surface area contributed by atoms with Crippen molar-refractivity contribution in [2.75, 3.05) is 0 Å². The van der Waals surface area contributed by atoms with Crippen LogP contribution in [-0.2, 0) is 0 Å². The van der Waals surface area contributed by atoms with E-state index in [-0.39, 0.29) is 0 Å². The molecule has 32 heavy (non-hydrogen) atoms. The van der Waals surface area contributed by atoms with E-state index in [1.54, 1.807) is 0 Å². The first-order valence-electron chi connectivity index (χ1n) is 13.8. The van der Waals surface area contributed by atoms with E-state index in [9.17, 15) is 0 Å². The summed E-state index contributed by atoms with van der Waals surface area (Å²) in [5, 5.41) is 0. The van der Waals surface area contributed by atoms with Crippen LogP contribution in [-0.4, -0.2) is 0 Å². The van der Waals surface area contributed by atoms with E-state index in [2.05, 4.69) is 38.1 Å². The third-order valence-electron chi connectivity index (χ3n) is 6.38. The molecule has 0 unspecified atom stereocenters. The average Bonchev–Trinajstić information content (AvgIpc) is 2.90. The summed E-state index contributed by atoms with van der Waals surface area (Å²) in [7, 11) is 0. The summed E-state index contributed by atoms with van der Waals surface area (Å²) in [5.41, 5.74) is 2.64. The monoisotopic (exact) mass is 436 g/mol. The second kappa shape index (κ2) is 22.6. The van der Waals surface area contributed by atoms with Crippen molar-refractivity contribution in [2.24, 2.45) is 0 Å². The van der Waals surface area contributed by atoms with E-state index in [0.717, 1.165) is 0 Å². The molecule has 0 heteroatoms. The van der Waals surface area contributed by atoms with Gasteiger partial charge in [0.25, 0.3) is 0 Å². The number of hydrogen-bond donors (Lipinski definition) is 0. The predicted molar refractivity (Wildman–Crippen MR) is 145 cm³/mol. The Morgan fingerprint density at radius 3 is 0.531 bits per heavy atom. The smallest absolute Gasteiger partial charge is 0.0398 e. The lowest BCUT2D eigenvalue weighted by Gasteiger charge is -2.05. The molecule has 0 bridgehead atoms. The van der Waals surface area contributed by atoms with Crippen molar-refractivity contribution in [1.82, 2.24) is 0 Å². The predicted octanol–water partition coefficient (Wildman–Crippen LogP) is 11.0. The Kier molecular flexibility index (Phi) is 20.1. The molecule has 0 atom stereocenters. The van der Waals surface area contributed by atoms with Crippen LogP contribution in [0.4, 0.5) is 0 Å². The van der Waals surface area contributed by atoms with Crippen molar-refractivity contribution in [3.05, 3.63) is 71.8 Å². The van der Waals surface area contributed by atoms with Gasteiger partial charge in [-0.2, -0.15) is 0 Å². The maximum absolute atomic E-state index is 2.08. The van der Waals surface area contributed by atoms with Crippen molar-refractivity contribution < 1.29 is 0 Å². The van der Waals surface area contributed by atoms with E-state index in [4.69, 9.17) is 0 Å². The highest BCUT2D eigenvalue weighted by Crippen LogP contribution is 2.16. The molecule has 0 heterocycles. The first-order chi connectivity index (χ1) is 15.8. The number of hydrogen-bond acceptors (Lipinski definition) is 0. The summed E-state index contributed by atoms with van der Waals surface area (Å²) < 4.78 is 0. The molecule has 5 rings (SSSR count). The maximum atomic E-state index is 2.08. The van der Waals surface area contributed by atoms with Gasteiger partial charge in [-0.25, -0.2) is 0 Å². The molecule has 0 aromatic heterocycles. The average molecular weight is 437 g/mol. The highest BCUT2D eigenvalue weighted by Gasteiger charge is 1.96. The van der Waals surface area contributed by atoms with Gasteiger partial charge in [-0.05, 0) is 13.8 Å². The molecule has 0 nitrogen and oxygen atoms in total. The lowest BCUT2D eigenvalue weighted by molar-refractivity contribution is 0.504. The van der Waals surface area contributed by atoms with Gasteiger partial charge in [-0.15, -0.1) is 0 Å². The van der Waals surface area contributed by atoms with Gasteiger partial charge in [-0.1, -0.05) is 187 Å². The topological polar surface area (TPSA) is 0 Å².